The molecule has 2 nitrogen and oxygen atoms in total. The van der Waals surface area contributed by atoms with Gasteiger partial charge in [0.2, 0.25) is 0 Å². The van der Waals surface area contributed by atoms with Crippen molar-refractivity contribution in [3.05, 3.63) is 12.4 Å². The van der Waals surface area contributed by atoms with Crippen LogP contribution in [-0.4, -0.2) is 6.67 Å². The molecule has 0 aliphatic carbocycles. The Morgan fingerprint density at radius 2 is 2.80 bits per heavy atom. The van der Waals surface area contributed by atoms with Gasteiger partial charge in [0.05, 0.1) is 6.20 Å². The van der Waals surface area contributed by atoms with E-state index in [-0.39, 0.29) is 0 Å². The first-order chi connectivity index (χ1) is 2.50. The Labute approximate surface area is 30.9 Å². The van der Waals surface area contributed by atoms with Crippen LogP contribution in [0, 0.1) is 0 Å². The second-order valence-corrected chi connectivity index (χ2v) is 0.918. The van der Waals surface area contributed by atoms with E-state index in [1.54, 1.807) is 0 Å². The molecule has 1 radical (unpaired) electrons. The van der Waals surface area contributed by atoms with Gasteiger partial charge in [-0.2, -0.15) is 0 Å². The largest absolute Gasteiger partial charge is 0.336 e. The first kappa shape index (κ1) is 2.72. The van der Waals surface area contributed by atoms with Crippen LogP contribution >= 0.6 is 0 Å². The molecular weight excluding hydrogens is 64.0 g/mol. The molecule has 0 spiro atoms. The zero-order chi connectivity index (χ0) is 3.54. The predicted molar refractivity (Wildman–Crippen MR) is 18.1 cm³/mol. The monoisotopic (exact) mass is 70.1 g/mol. The van der Waals surface area contributed by atoms with Crippen LogP contribution in [0.4, 0.5) is 0 Å². The number of hydrogen-bond acceptors (Lipinski definition) is 2. The average molecular weight is 70.1 g/mol. The Hall–Kier alpha value is -0.500. The normalized spacial score (nSPS) is 19.2. The number of hydrogen-bond donors (Lipinski definition) is 2. The van der Waals surface area contributed by atoms with Gasteiger partial charge < -0.3 is 5.32 Å². The van der Waals surface area contributed by atoms with Crippen molar-refractivity contribution in [3.63, 3.8) is 0 Å². The van der Waals surface area contributed by atoms with Crippen LogP contribution in [0.3, 0.4) is 0 Å². The van der Waals surface area contributed by atoms with Crippen LogP contribution in [0.5, 0.6) is 0 Å². The quantitative estimate of drug-likeness (QED) is 0.352. The minimum atomic E-state index is 0.889. The van der Waals surface area contributed by atoms with Gasteiger partial charge in [-0.3, -0.25) is 0 Å². The predicted octanol–water partition coefficient (Wildman–Crippen LogP) is -1.63. The standard InChI is InChI=1S/C3H6N2/c1-2-5-3-4-1/h1-2,4-5H,3H2/q+1. The van der Waals surface area contributed by atoms with E-state index in [2.05, 4.69) is 10.6 Å². The highest BCUT2D eigenvalue weighted by Crippen LogP contribution is 1.52. The lowest BCUT2D eigenvalue weighted by molar-refractivity contribution is -0.581. The summed E-state index contributed by atoms with van der Waals surface area (Å²) in [6.45, 7) is 0.889. The van der Waals surface area contributed by atoms with Crippen molar-refractivity contribution in [1.82, 2.24) is 5.32 Å². The molecule has 1 heterocycles. The number of nitrogens with one attached hydrogen (secondary N) is 2. The molecule has 0 bridgehead atoms. The van der Waals surface area contributed by atoms with E-state index >= 15 is 0 Å². The topological polar surface area (TPSA) is 27.6 Å². The highest BCUT2D eigenvalue weighted by Gasteiger charge is 1.89. The van der Waals surface area contributed by atoms with E-state index in [1.165, 1.54) is 0 Å². The molecule has 0 saturated carbocycles. The van der Waals surface area contributed by atoms with Gasteiger partial charge >= 0.3 is 0 Å². The molecule has 27 valence electrons. The molecule has 0 atom stereocenters. The molecule has 2 N–H and O–H groups in total. The summed E-state index contributed by atoms with van der Waals surface area (Å²) >= 11 is 0. The molecule has 2 heteroatoms. The lowest BCUT2D eigenvalue weighted by atomic mass is 11.0. The zero-order valence-electron chi connectivity index (χ0n) is 2.86. The maximum absolute atomic E-state index is 2.93. The highest BCUT2D eigenvalue weighted by atomic mass is 15.1. The summed E-state index contributed by atoms with van der Waals surface area (Å²) < 4.78 is 0. The molecular formula is C3H6N2+. The summed E-state index contributed by atoms with van der Waals surface area (Å²) in [7, 11) is 0. The van der Waals surface area contributed by atoms with Crippen LogP contribution in [0.15, 0.2) is 12.4 Å². The van der Waals surface area contributed by atoms with Gasteiger partial charge in [-0.05, 0) is 0 Å². The second kappa shape index (κ2) is 1.08. The van der Waals surface area contributed by atoms with Crippen molar-refractivity contribution in [2.45, 2.75) is 0 Å². The third-order valence-electron chi connectivity index (χ3n) is 0.523. The minimum absolute atomic E-state index is 0.889. The summed E-state index contributed by atoms with van der Waals surface area (Å²) in [5.41, 5.74) is 0. The first-order valence-corrected chi connectivity index (χ1v) is 1.62. The lowest BCUT2D eigenvalue weighted by Crippen LogP contribution is -2.77. The zero-order valence-corrected chi connectivity index (χ0v) is 2.86. The molecule has 5 heavy (non-hydrogen) atoms. The van der Waals surface area contributed by atoms with Crippen molar-refractivity contribution in [2.24, 2.45) is 0 Å². The van der Waals surface area contributed by atoms with Gasteiger partial charge in [0, 0.05) is 0 Å². The summed E-state index contributed by atoms with van der Waals surface area (Å²) in [4.78, 5) is 0. The van der Waals surface area contributed by atoms with Gasteiger partial charge in [-0.25, -0.2) is 0 Å². The molecule has 1 aliphatic heterocycles. The summed E-state index contributed by atoms with van der Waals surface area (Å²) in [5, 5.41) is 5.86. The Kier molecular flexibility index (Phi) is 0.588. The van der Waals surface area contributed by atoms with E-state index in [9.17, 15) is 0 Å². The van der Waals surface area contributed by atoms with Crippen molar-refractivity contribution < 1.29 is 5.32 Å². The third kappa shape index (κ3) is 0.389. The smallest absolute Gasteiger partial charge is 0.198 e. The van der Waals surface area contributed by atoms with Gasteiger partial charge in [0.1, 0.15) is 0 Å². The molecule has 0 unspecified atom stereocenters. The maximum Gasteiger partial charge on any atom is 0.198 e. The van der Waals surface area contributed by atoms with E-state index in [0.29, 0.717) is 0 Å². The molecule has 0 saturated heterocycles. The Bertz CT molecular complexity index is 42.9. The van der Waals surface area contributed by atoms with Gasteiger partial charge in [0.15, 0.2) is 12.9 Å². The second-order valence-electron chi connectivity index (χ2n) is 0.918. The fraction of sp³-hybridized carbons (Fsp3) is 0.333. The summed E-state index contributed by atoms with van der Waals surface area (Å²) in [6, 6.07) is 0. The van der Waals surface area contributed by atoms with Gasteiger partial charge in [0.25, 0.3) is 0 Å². The Morgan fingerprint density at radius 3 is 3.00 bits per heavy atom. The van der Waals surface area contributed by atoms with Crippen molar-refractivity contribution in [3.8, 4) is 0 Å². The maximum atomic E-state index is 2.93. The summed E-state index contributed by atoms with van der Waals surface area (Å²) in [6.07, 6.45) is 3.75. The lowest BCUT2D eigenvalue weighted by Gasteiger charge is -1.71. The highest BCUT2D eigenvalue weighted by molar-refractivity contribution is 4.68. The van der Waals surface area contributed by atoms with Crippen molar-refractivity contribution in [1.29, 1.82) is 0 Å². The fourth-order valence-corrected chi connectivity index (χ4v) is 0.295. The van der Waals surface area contributed by atoms with Crippen LogP contribution in [0.25, 0.3) is 0 Å². The van der Waals surface area contributed by atoms with Gasteiger partial charge in [-0.1, -0.05) is 0 Å². The van der Waals surface area contributed by atoms with Crippen LogP contribution < -0.4 is 10.6 Å². The molecule has 1 aliphatic rings. The summed E-state index contributed by atoms with van der Waals surface area (Å²) in [5.74, 6) is 0. The molecule has 1 rings (SSSR count). The van der Waals surface area contributed by atoms with E-state index in [1.807, 2.05) is 12.4 Å². The van der Waals surface area contributed by atoms with Crippen LogP contribution in [0.2, 0.25) is 0 Å². The Morgan fingerprint density at radius 1 is 1.80 bits per heavy atom. The number of rotatable bonds is 0. The van der Waals surface area contributed by atoms with E-state index in [0.717, 1.165) is 6.67 Å². The SMILES string of the molecule is C1=C[NH+]CN1. The van der Waals surface area contributed by atoms with Crippen molar-refractivity contribution >= 4 is 0 Å². The van der Waals surface area contributed by atoms with Crippen LogP contribution in [0.1, 0.15) is 0 Å². The van der Waals surface area contributed by atoms with Crippen molar-refractivity contribution in [2.75, 3.05) is 6.67 Å². The molecule has 0 fully saturated rings. The fourth-order valence-electron chi connectivity index (χ4n) is 0.295. The molecule has 0 aromatic carbocycles. The average Bonchev–Trinajstić information content (AvgIpc) is 1.76. The molecule has 0 aromatic rings. The van der Waals surface area contributed by atoms with Gasteiger partial charge in [-0.15, -0.1) is 5.32 Å². The minimum Gasteiger partial charge on any atom is -0.336 e. The molecule has 0 aromatic heterocycles. The van der Waals surface area contributed by atoms with E-state index in [4.69, 9.17) is 0 Å². The van der Waals surface area contributed by atoms with Crippen LogP contribution in [-0.2, 0) is 0 Å². The van der Waals surface area contributed by atoms with E-state index < -0.39 is 0 Å². The Balaban J connectivity index is 2.32. The first-order valence-electron chi connectivity index (χ1n) is 1.62. The molecule has 0 amide bonds. The third-order valence-corrected chi connectivity index (χ3v) is 0.523.